The van der Waals surface area contributed by atoms with Gasteiger partial charge < -0.3 is 10.0 Å². The van der Waals surface area contributed by atoms with E-state index in [1.807, 2.05) is 6.07 Å². The quantitative estimate of drug-likeness (QED) is 0.866. The number of sulfone groups is 1. The predicted molar refractivity (Wildman–Crippen MR) is 68.8 cm³/mol. The van der Waals surface area contributed by atoms with Gasteiger partial charge in [0.2, 0.25) is 0 Å². The van der Waals surface area contributed by atoms with E-state index in [9.17, 15) is 13.2 Å². The topological polar surface area (TPSA) is 111 Å². The molecule has 0 unspecified atom stereocenters. The first-order valence-electron chi connectivity index (χ1n) is 6.03. The predicted octanol–water partition coefficient (Wildman–Crippen LogP) is 0.869. The number of amides is 1. The van der Waals surface area contributed by atoms with Gasteiger partial charge in [0.05, 0.1) is 10.1 Å². The van der Waals surface area contributed by atoms with Gasteiger partial charge in [-0.3, -0.25) is 0 Å². The van der Waals surface area contributed by atoms with Crippen LogP contribution in [0.5, 0.6) is 0 Å². The Kier molecular flexibility index (Phi) is 3.90. The van der Waals surface area contributed by atoms with Gasteiger partial charge in [-0.25, -0.2) is 18.2 Å². The second kappa shape index (κ2) is 5.46. The Hall–Kier alpha value is -2.14. The highest BCUT2D eigenvalue weighted by atomic mass is 32.2. The van der Waals surface area contributed by atoms with Crippen molar-refractivity contribution in [3.63, 3.8) is 0 Å². The fraction of sp³-hybridized carbons (Fsp3) is 0.417. The molecule has 1 aliphatic heterocycles. The number of likely N-dealkylation sites (tertiary alicyclic amines) is 1. The molecule has 2 heterocycles. The van der Waals surface area contributed by atoms with Crippen molar-refractivity contribution in [3.05, 3.63) is 24.0 Å². The Morgan fingerprint density at radius 3 is 2.50 bits per heavy atom. The minimum Gasteiger partial charge on any atom is -0.465 e. The number of hydrogen-bond acceptors (Lipinski definition) is 5. The van der Waals surface area contributed by atoms with Crippen molar-refractivity contribution in [1.29, 1.82) is 5.26 Å². The van der Waals surface area contributed by atoms with Crippen molar-refractivity contribution in [2.24, 2.45) is 0 Å². The zero-order valence-electron chi connectivity index (χ0n) is 10.6. The molecule has 2 rings (SSSR count). The average molecular weight is 295 g/mol. The number of pyridine rings is 1. The molecule has 1 amide bonds. The largest absolute Gasteiger partial charge is 0.465 e. The van der Waals surface area contributed by atoms with Crippen LogP contribution in [0, 0.1) is 11.3 Å². The Bertz CT molecular complexity index is 640. The molecule has 0 saturated carbocycles. The van der Waals surface area contributed by atoms with Gasteiger partial charge in [0.1, 0.15) is 11.8 Å². The summed E-state index contributed by atoms with van der Waals surface area (Å²) < 4.78 is 24.7. The Balaban J connectivity index is 2.15. The lowest BCUT2D eigenvalue weighted by atomic mass is 10.1. The molecule has 0 aromatic carbocycles. The van der Waals surface area contributed by atoms with Gasteiger partial charge in [-0.05, 0) is 25.0 Å². The highest BCUT2D eigenvalue weighted by molar-refractivity contribution is 7.92. The molecule has 8 heteroatoms. The number of hydrogen-bond donors (Lipinski definition) is 1. The number of aromatic nitrogens is 1. The molecule has 0 bridgehead atoms. The van der Waals surface area contributed by atoms with E-state index < -0.39 is 21.2 Å². The fourth-order valence-electron chi connectivity index (χ4n) is 2.16. The summed E-state index contributed by atoms with van der Waals surface area (Å²) in [7, 11) is -3.53. The fourth-order valence-corrected chi connectivity index (χ4v) is 3.84. The van der Waals surface area contributed by atoms with E-state index in [4.69, 9.17) is 10.4 Å². The summed E-state index contributed by atoms with van der Waals surface area (Å²) in [5, 5.41) is 16.9. The van der Waals surface area contributed by atoms with Gasteiger partial charge in [0.25, 0.3) is 0 Å². The first kappa shape index (κ1) is 14.3. The summed E-state index contributed by atoms with van der Waals surface area (Å²) in [4.78, 5) is 15.8. The SMILES string of the molecule is N#Cc1ccc(S(=O)(=O)C2CCN(C(=O)O)CC2)cn1. The molecule has 7 nitrogen and oxygen atoms in total. The lowest BCUT2D eigenvalue weighted by Crippen LogP contribution is -2.41. The van der Waals surface area contributed by atoms with E-state index in [2.05, 4.69) is 4.98 Å². The molecule has 20 heavy (non-hydrogen) atoms. The van der Waals surface area contributed by atoms with Crippen LogP contribution in [0.2, 0.25) is 0 Å². The van der Waals surface area contributed by atoms with Crippen LogP contribution in [0.4, 0.5) is 4.79 Å². The van der Waals surface area contributed by atoms with Gasteiger partial charge in [-0.15, -0.1) is 0 Å². The Morgan fingerprint density at radius 1 is 1.40 bits per heavy atom. The van der Waals surface area contributed by atoms with Gasteiger partial charge >= 0.3 is 6.09 Å². The number of rotatable bonds is 2. The number of nitriles is 1. The van der Waals surface area contributed by atoms with E-state index in [-0.39, 0.29) is 36.5 Å². The van der Waals surface area contributed by atoms with Crippen LogP contribution in [-0.4, -0.2) is 47.8 Å². The highest BCUT2D eigenvalue weighted by Gasteiger charge is 2.32. The standard InChI is InChI=1S/C12H13N3O4S/c13-7-9-1-2-11(8-14-9)20(18,19)10-3-5-15(6-4-10)12(16)17/h1-2,8,10H,3-6H2,(H,16,17). The van der Waals surface area contributed by atoms with Crippen LogP contribution in [-0.2, 0) is 9.84 Å². The molecule has 1 aliphatic rings. The van der Waals surface area contributed by atoms with E-state index in [1.54, 1.807) is 0 Å². The summed E-state index contributed by atoms with van der Waals surface area (Å²) >= 11 is 0. The van der Waals surface area contributed by atoms with Crippen molar-refractivity contribution in [3.8, 4) is 6.07 Å². The molecular weight excluding hydrogens is 282 g/mol. The molecule has 1 saturated heterocycles. The molecule has 1 N–H and O–H groups in total. The van der Waals surface area contributed by atoms with Gasteiger partial charge in [0, 0.05) is 19.3 Å². The van der Waals surface area contributed by atoms with Crippen LogP contribution in [0.3, 0.4) is 0 Å². The average Bonchev–Trinajstić information content (AvgIpc) is 2.47. The second-order valence-electron chi connectivity index (χ2n) is 4.50. The number of carbonyl (C=O) groups is 1. The van der Waals surface area contributed by atoms with Crippen molar-refractivity contribution in [2.75, 3.05) is 13.1 Å². The summed E-state index contributed by atoms with van der Waals surface area (Å²) in [6.45, 7) is 0.422. The van der Waals surface area contributed by atoms with Gasteiger partial charge in [-0.2, -0.15) is 5.26 Å². The summed E-state index contributed by atoms with van der Waals surface area (Å²) in [5.74, 6) is 0. The van der Waals surface area contributed by atoms with E-state index >= 15 is 0 Å². The molecule has 0 aliphatic carbocycles. The third-order valence-corrected chi connectivity index (χ3v) is 5.58. The maximum absolute atomic E-state index is 12.4. The van der Waals surface area contributed by atoms with Crippen molar-refractivity contribution >= 4 is 15.9 Å². The van der Waals surface area contributed by atoms with Gasteiger partial charge in [0.15, 0.2) is 9.84 Å². The molecular formula is C12H13N3O4S. The van der Waals surface area contributed by atoms with E-state index in [0.29, 0.717) is 0 Å². The third-order valence-electron chi connectivity index (χ3n) is 3.33. The normalized spacial score (nSPS) is 16.6. The molecule has 0 atom stereocenters. The first-order valence-corrected chi connectivity index (χ1v) is 7.57. The molecule has 106 valence electrons. The Labute approximate surface area is 116 Å². The lowest BCUT2D eigenvalue weighted by molar-refractivity contribution is 0.136. The van der Waals surface area contributed by atoms with Crippen LogP contribution < -0.4 is 0 Å². The summed E-state index contributed by atoms with van der Waals surface area (Å²) in [5.41, 5.74) is 0.157. The van der Waals surface area contributed by atoms with Crippen molar-refractivity contribution in [1.82, 2.24) is 9.88 Å². The second-order valence-corrected chi connectivity index (χ2v) is 6.73. The van der Waals surface area contributed by atoms with E-state index in [1.165, 1.54) is 23.2 Å². The van der Waals surface area contributed by atoms with E-state index in [0.717, 1.165) is 0 Å². The lowest BCUT2D eigenvalue weighted by Gasteiger charge is -2.29. The highest BCUT2D eigenvalue weighted by Crippen LogP contribution is 2.24. The monoisotopic (exact) mass is 295 g/mol. The number of nitrogens with zero attached hydrogens (tertiary/aromatic N) is 3. The third kappa shape index (κ3) is 2.72. The molecule has 0 spiro atoms. The summed E-state index contributed by atoms with van der Waals surface area (Å²) in [6, 6.07) is 4.55. The van der Waals surface area contributed by atoms with Crippen LogP contribution >= 0.6 is 0 Å². The molecule has 1 fully saturated rings. The number of piperidine rings is 1. The molecule has 1 aromatic heterocycles. The maximum atomic E-state index is 12.4. The summed E-state index contributed by atoms with van der Waals surface area (Å²) in [6.07, 6.45) is 0.696. The minimum absolute atomic E-state index is 0.0743. The first-order chi connectivity index (χ1) is 9.45. The van der Waals surface area contributed by atoms with Crippen LogP contribution in [0.15, 0.2) is 23.2 Å². The zero-order valence-corrected chi connectivity index (χ0v) is 11.4. The smallest absolute Gasteiger partial charge is 0.407 e. The minimum atomic E-state index is -3.53. The number of carboxylic acid groups (broad SMARTS) is 1. The Morgan fingerprint density at radius 2 is 2.05 bits per heavy atom. The maximum Gasteiger partial charge on any atom is 0.407 e. The van der Waals surface area contributed by atoms with Crippen LogP contribution in [0.25, 0.3) is 0 Å². The van der Waals surface area contributed by atoms with Gasteiger partial charge in [-0.1, -0.05) is 0 Å². The van der Waals surface area contributed by atoms with Crippen molar-refractivity contribution < 1.29 is 18.3 Å². The molecule has 0 radical (unpaired) electrons. The molecule has 1 aromatic rings. The zero-order chi connectivity index (χ0) is 14.8. The van der Waals surface area contributed by atoms with Crippen molar-refractivity contribution in [2.45, 2.75) is 23.0 Å². The van der Waals surface area contributed by atoms with Crippen LogP contribution in [0.1, 0.15) is 18.5 Å².